The third kappa shape index (κ3) is 5.27. The second-order valence-corrected chi connectivity index (χ2v) is 5.67. The molecular formula is C18H16F4N2O3. The summed E-state index contributed by atoms with van der Waals surface area (Å²) in [6.45, 7) is 0.0675. The molecule has 0 saturated carbocycles. The minimum Gasteiger partial charge on any atom is -0.463 e. The Balaban J connectivity index is 2.20. The zero-order valence-corrected chi connectivity index (χ0v) is 13.9. The Morgan fingerprint density at radius 1 is 1.15 bits per heavy atom. The largest absolute Gasteiger partial charge is 0.463 e. The molecule has 1 amide bonds. The fourth-order valence-corrected chi connectivity index (χ4v) is 2.23. The van der Waals surface area contributed by atoms with Crippen LogP contribution in [0.5, 0.6) is 5.75 Å². The molecule has 0 aromatic heterocycles. The predicted octanol–water partition coefficient (Wildman–Crippen LogP) is 2.78. The molecule has 0 unspecified atom stereocenters. The lowest BCUT2D eigenvalue weighted by Crippen LogP contribution is -2.58. The second-order valence-electron chi connectivity index (χ2n) is 5.67. The minimum atomic E-state index is -4.96. The van der Waals surface area contributed by atoms with Gasteiger partial charge in [-0.15, -0.1) is 0 Å². The standard InChI is InChI=1S/C18H16F4N2O3/c19-15-7-6-13(10-14(15)18(20,21)22)27-17(23,8-9-25)16(26)24-11-12-4-2-1-3-5-12/h1-7,9-10H,8,11,23H2,(H,24,26)/t17-/m0/s1. The van der Waals surface area contributed by atoms with Gasteiger partial charge in [0, 0.05) is 6.54 Å². The smallest absolute Gasteiger partial charge is 0.419 e. The summed E-state index contributed by atoms with van der Waals surface area (Å²) < 4.78 is 57.0. The molecule has 0 heterocycles. The number of carbonyl (C=O) groups is 2. The molecule has 1 atom stereocenters. The quantitative estimate of drug-likeness (QED) is 0.437. The van der Waals surface area contributed by atoms with Gasteiger partial charge in [0.1, 0.15) is 17.9 Å². The molecule has 0 fully saturated rings. The van der Waals surface area contributed by atoms with Crippen molar-refractivity contribution in [2.45, 2.75) is 24.9 Å². The monoisotopic (exact) mass is 384 g/mol. The molecule has 0 bridgehead atoms. The van der Waals surface area contributed by atoms with E-state index in [-0.39, 0.29) is 6.54 Å². The Morgan fingerprint density at radius 2 is 1.81 bits per heavy atom. The van der Waals surface area contributed by atoms with Crippen molar-refractivity contribution in [3.05, 3.63) is 65.5 Å². The number of alkyl halides is 3. The van der Waals surface area contributed by atoms with Crippen LogP contribution in [-0.2, 0) is 22.3 Å². The number of nitrogens with one attached hydrogen (secondary N) is 1. The van der Waals surface area contributed by atoms with E-state index in [2.05, 4.69) is 5.32 Å². The molecule has 0 spiro atoms. The first-order valence-electron chi connectivity index (χ1n) is 7.76. The van der Waals surface area contributed by atoms with Gasteiger partial charge in [0.15, 0.2) is 0 Å². The third-order valence-electron chi connectivity index (χ3n) is 3.61. The number of aldehydes is 1. The number of hydrogen-bond donors (Lipinski definition) is 2. The van der Waals surface area contributed by atoms with Crippen molar-refractivity contribution < 1.29 is 31.9 Å². The molecule has 2 aromatic carbocycles. The molecule has 3 N–H and O–H groups in total. The van der Waals surface area contributed by atoms with Gasteiger partial charge in [-0.2, -0.15) is 13.2 Å². The summed E-state index contributed by atoms with van der Waals surface area (Å²) in [4.78, 5) is 23.3. The summed E-state index contributed by atoms with van der Waals surface area (Å²) >= 11 is 0. The van der Waals surface area contributed by atoms with Crippen molar-refractivity contribution in [3.8, 4) is 5.75 Å². The van der Waals surface area contributed by atoms with Crippen LogP contribution >= 0.6 is 0 Å². The van der Waals surface area contributed by atoms with Crippen LogP contribution in [0.15, 0.2) is 48.5 Å². The normalized spacial score (nSPS) is 13.5. The van der Waals surface area contributed by atoms with E-state index in [1.807, 2.05) is 0 Å². The minimum absolute atomic E-state index is 0.0675. The number of carbonyl (C=O) groups excluding carboxylic acids is 2. The first-order valence-corrected chi connectivity index (χ1v) is 7.76. The Morgan fingerprint density at radius 3 is 2.41 bits per heavy atom. The lowest BCUT2D eigenvalue weighted by atomic mass is 10.1. The van der Waals surface area contributed by atoms with E-state index in [4.69, 9.17) is 10.5 Å². The van der Waals surface area contributed by atoms with E-state index in [1.54, 1.807) is 30.3 Å². The number of benzene rings is 2. The number of halogens is 4. The zero-order valence-electron chi connectivity index (χ0n) is 13.9. The van der Waals surface area contributed by atoms with Gasteiger partial charge < -0.3 is 14.8 Å². The SMILES string of the molecule is N[C@@](CC=O)(Oc1ccc(F)c(C(F)(F)F)c1)C(=O)NCc1ccccc1. The number of nitrogens with two attached hydrogens (primary N) is 1. The average molecular weight is 384 g/mol. The molecule has 0 aliphatic rings. The molecule has 0 aliphatic heterocycles. The second kappa shape index (κ2) is 8.17. The van der Waals surface area contributed by atoms with Crippen LogP contribution in [0.2, 0.25) is 0 Å². The maximum absolute atomic E-state index is 13.4. The molecule has 0 radical (unpaired) electrons. The summed E-state index contributed by atoms with van der Waals surface area (Å²) in [5.74, 6) is -2.90. The van der Waals surface area contributed by atoms with Crippen molar-refractivity contribution in [2.75, 3.05) is 0 Å². The topological polar surface area (TPSA) is 81.4 Å². The number of rotatable bonds is 7. The fourth-order valence-electron chi connectivity index (χ4n) is 2.23. The van der Waals surface area contributed by atoms with Gasteiger partial charge >= 0.3 is 6.18 Å². The molecule has 2 rings (SSSR count). The van der Waals surface area contributed by atoms with Gasteiger partial charge in [0.25, 0.3) is 5.91 Å². The van der Waals surface area contributed by atoms with E-state index in [0.717, 1.165) is 11.6 Å². The van der Waals surface area contributed by atoms with Crippen LogP contribution in [0, 0.1) is 5.82 Å². The maximum Gasteiger partial charge on any atom is 0.419 e. The van der Waals surface area contributed by atoms with Gasteiger partial charge in [0.2, 0.25) is 5.72 Å². The van der Waals surface area contributed by atoms with E-state index < -0.39 is 41.4 Å². The molecule has 144 valence electrons. The summed E-state index contributed by atoms with van der Waals surface area (Å²) in [7, 11) is 0. The van der Waals surface area contributed by atoms with Crippen molar-refractivity contribution in [1.82, 2.24) is 5.32 Å². The van der Waals surface area contributed by atoms with Gasteiger partial charge in [-0.25, -0.2) is 4.39 Å². The lowest BCUT2D eigenvalue weighted by molar-refractivity contribution is -0.141. The van der Waals surface area contributed by atoms with E-state index in [9.17, 15) is 27.2 Å². The highest BCUT2D eigenvalue weighted by Crippen LogP contribution is 2.34. The maximum atomic E-state index is 13.4. The van der Waals surface area contributed by atoms with Crippen LogP contribution in [0.25, 0.3) is 0 Å². The number of ether oxygens (including phenoxy) is 1. The summed E-state index contributed by atoms with van der Waals surface area (Å²) in [6.07, 6.45) is -5.27. The lowest BCUT2D eigenvalue weighted by Gasteiger charge is -2.27. The van der Waals surface area contributed by atoms with Gasteiger partial charge in [0.05, 0.1) is 12.0 Å². The van der Waals surface area contributed by atoms with Crippen LogP contribution < -0.4 is 15.8 Å². The highest BCUT2D eigenvalue weighted by Gasteiger charge is 2.38. The van der Waals surface area contributed by atoms with Crippen molar-refractivity contribution in [2.24, 2.45) is 5.73 Å². The summed E-state index contributed by atoms with van der Waals surface area (Å²) in [6, 6.07) is 10.5. The van der Waals surface area contributed by atoms with Crippen LogP contribution in [-0.4, -0.2) is 17.9 Å². The first kappa shape index (κ1) is 20.4. The molecule has 0 aliphatic carbocycles. The first-order chi connectivity index (χ1) is 12.7. The summed E-state index contributed by atoms with van der Waals surface area (Å²) in [5.41, 5.74) is 2.72. The molecule has 2 aromatic rings. The van der Waals surface area contributed by atoms with Crippen LogP contribution in [0.1, 0.15) is 17.5 Å². The van der Waals surface area contributed by atoms with E-state index in [1.165, 1.54) is 0 Å². The van der Waals surface area contributed by atoms with Crippen molar-refractivity contribution in [3.63, 3.8) is 0 Å². The molecule has 9 heteroatoms. The highest BCUT2D eigenvalue weighted by molar-refractivity contribution is 5.87. The van der Waals surface area contributed by atoms with Gasteiger partial charge in [-0.3, -0.25) is 10.5 Å². The molecular weight excluding hydrogens is 368 g/mol. The average Bonchev–Trinajstić information content (AvgIpc) is 2.61. The molecule has 0 saturated heterocycles. The Labute approximate surface area is 152 Å². The summed E-state index contributed by atoms with van der Waals surface area (Å²) in [5, 5.41) is 2.46. The molecule has 27 heavy (non-hydrogen) atoms. The Kier molecular flexibility index (Phi) is 6.17. The fraction of sp³-hybridized carbons (Fsp3) is 0.222. The van der Waals surface area contributed by atoms with E-state index in [0.29, 0.717) is 18.4 Å². The predicted molar refractivity (Wildman–Crippen MR) is 87.9 cm³/mol. The Hall–Kier alpha value is -2.94. The third-order valence-corrected chi connectivity index (χ3v) is 3.61. The Bertz CT molecular complexity index is 812. The number of hydrogen-bond acceptors (Lipinski definition) is 4. The van der Waals surface area contributed by atoms with Gasteiger partial charge in [-0.1, -0.05) is 30.3 Å². The van der Waals surface area contributed by atoms with Crippen molar-refractivity contribution >= 4 is 12.2 Å². The number of amides is 1. The van der Waals surface area contributed by atoms with E-state index >= 15 is 0 Å². The van der Waals surface area contributed by atoms with Crippen LogP contribution in [0.4, 0.5) is 17.6 Å². The molecule has 5 nitrogen and oxygen atoms in total. The van der Waals surface area contributed by atoms with Gasteiger partial charge in [-0.05, 0) is 23.8 Å². The van der Waals surface area contributed by atoms with Crippen LogP contribution in [0.3, 0.4) is 0 Å². The highest BCUT2D eigenvalue weighted by atomic mass is 19.4. The van der Waals surface area contributed by atoms with Crippen molar-refractivity contribution in [1.29, 1.82) is 0 Å². The zero-order chi connectivity index (χ0) is 20.1.